The molecule has 3 rings (SSSR count). The summed E-state index contributed by atoms with van der Waals surface area (Å²) in [6, 6.07) is 9.98. The fourth-order valence-corrected chi connectivity index (χ4v) is 4.72. The highest BCUT2D eigenvalue weighted by atomic mass is 35.5. The summed E-state index contributed by atoms with van der Waals surface area (Å²) in [6.07, 6.45) is 0. The smallest absolute Gasteiger partial charge is 0.267 e. The second kappa shape index (κ2) is 7.84. The number of carbonyl (C=O) groups is 2. The summed E-state index contributed by atoms with van der Waals surface area (Å²) >= 11 is 19.8. The number of hydrogen-bond acceptors (Lipinski definition) is 3. The Kier molecular flexibility index (Phi) is 5.73. The van der Waals surface area contributed by atoms with Crippen LogP contribution in [0, 0.1) is 0 Å². The van der Waals surface area contributed by atoms with Gasteiger partial charge in [0.15, 0.2) is 0 Å². The van der Waals surface area contributed by atoms with Crippen LogP contribution in [0.5, 0.6) is 0 Å². The van der Waals surface area contributed by atoms with Crippen LogP contribution in [0.25, 0.3) is 10.1 Å². The lowest BCUT2D eigenvalue weighted by molar-refractivity contribution is 0.0954. The molecule has 0 aliphatic carbocycles. The van der Waals surface area contributed by atoms with Crippen LogP contribution >= 0.6 is 46.1 Å². The quantitative estimate of drug-likeness (QED) is 0.547. The second-order valence-electron chi connectivity index (χ2n) is 5.40. The average Bonchev–Trinajstić information content (AvgIpc) is 2.92. The molecule has 0 aliphatic heterocycles. The van der Waals surface area contributed by atoms with Gasteiger partial charge in [-0.25, -0.2) is 0 Å². The highest BCUT2D eigenvalue weighted by molar-refractivity contribution is 7.21. The van der Waals surface area contributed by atoms with Crippen LogP contribution in [-0.2, 0) is 0 Å². The molecule has 0 fully saturated rings. The summed E-state index contributed by atoms with van der Waals surface area (Å²) in [5.74, 6) is -0.582. The fraction of sp³-hybridized carbons (Fsp3) is 0.111. The van der Waals surface area contributed by atoms with Crippen molar-refractivity contribution in [2.45, 2.75) is 6.92 Å². The summed E-state index contributed by atoms with van der Waals surface area (Å²) in [5, 5.41) is 7.23. The molecule has 0 saturated carbocycles. The van der Waals surface area contributed by atoms with Gasteiger partial charge in [-0.15, -0.1) is 11.3 Å². The molecule has 3 aromatic rings. The molecule has 0 saturated heterocycles. The number of benzene rings is 2. The number of anilines is 1. The lowest BCUT2D eigenvalue weighted by Gasteiger charge is -2.07. The molecule has 1 aromatic heterocycles. The number of amides is 2. The first kappa shape index (κ1) is 19.0. The molecule has 0 spiro atoms. The van der Waals surface area contributed by atoms with E-state index >= 15 is 0 Å². The Labute approximate surface area is 169 Å². The van der Waals surface area contributed by atoms with Gasteiger partial charge in [0.05, 0.1) is 10.0 Å². The first-order valence-electron chi connectivity index (χ1n) is 7.67. The Balaban J connectivity index is 1.90. The molecule has 2 amide bonds. The molecule has 4 nitrogen and oxygen atoms in total. The minimum atomic E-state index is -0.378. The number of rotatable bonds is 4. The van der Waals surface area contributed by atoms with E-state index in [1.54, 1.807) is 36.4 Å². The number of fused-ring (bicyclic) bond motifs is 1. The minimum Gasteiger partial charge on any atom is -0.352 e. The average molecular weight is 428 g/mol. The van der Waals surface area contributed by atoms with Crippen LogP contribution in [0.3, 0.4) is 0 Å². The summed E-state index contributed by atoms with van der Waals surface area (Å²) < 4.78 is 0.730. The number of carbonyl (C=O) groups excluding carboxylic acids is 2. The third-order valence-electron chi connectivity index (χ3n) is 3.58. The molecule has 134 valence electrons. The zero-order valence-corrected chi connectivity index (χ0v) is 16.6. The molecule has 0 aliphatic rings. The maximum Gasteiger partial charge on any atom is 0.267 e. The highest BCUT2D eigenvalue weighted by Crippen LogP contribution is 2.41. The van der Waals surface area contributed by atoms with Crippen molar-refractivity contribution < 1.29 is 9.59 Å². The first-order valence-corrected chi connectivity index (χ1v) is 9.62. The van der Waals surface area contributed by atoms with Gasteiger partial charge in [-0.2, -0.15) is 0 Å². The molecule has 1 heterocycles. The Morgan fingerprint density at radius 1 is 1.08 bits per heavy atom. The van der Waals surface area contributed by atoms with E-state index in [1.165, 1.54) is 11.3 Å². The predicted octanol–water partition coefficient (Wildman–Crippen LogP) is 5.86. The second-order valence-corrected chi connectivity index (χ2v) is 7.67. The van der Waals surface area contributed by atoms with Gasteiger partial charge in [-0.1, -0.05) is 40.9 Å². The van der Waals surface area contributed by atoms with Crippen LogP contribution < -0.4 is 10.6 Å². The summed E-state index contributed by atoms with van der Waals surface area (Å²) in [4.78, 5) is 24.9. The molecule has 0 atom stereocenters. The fourth-order valence-electron chi connectivity index (χ4n) is 2.45. The van der Waals surface area contributed by atoms with E-state index in [1.807, 2.05) is 6.92 Å². The Bertz CT molecular complexity index is 1020. The van der Waals surface area contributed by atoms with Gasteiger partial charge in [-0.3, -0.25) is 9.59 Å². The summed E-state index contributed by atoms with van der Waals surface area (Å²) in [6.45, 7) is 2.36. The van der Waals surface area contributed by atoms with Crippen LogP contribution in [0.4, 0.5) is 5.69 Å². The van der Waals surface area contributed by atoms with Crippen molar-refractivity contribution in [3.05, 3.63) is 61.9 Å². The number of thiophene rings is 1. The summed E-state index contributed by atoms with van der Waals surface area (Å²) in [5.41, 5.74) is 0.957. The molecule has 8 heteroatoms. The van der Waals surface area contributed by atoms with E-state index in [0.29, 0.717) is 38.1 Å². The molecule has 0 radical (unpaired) electrons. The van der Waals surface area contributed by atoms with Crippen molar-refractivity contribution in [2.24, 2.45) is 0 Å². The van der Waals surface area contributed by atoms with Crippen molar-refractivity contribution in [3.63, 3.8) is 0 Å². The Hall–Kier alpha value is -1.79. The van der Waals surface area contributed by atoms with Gasteiger partial charge >= 0.3 is 0 Å². The molecular weight excluding hydrogens is 415 g/mol. The Morgan fingerprint density at radius 3 is 2.58 bits per heavy atom. The van der Waals surface area contributed by atoms with Gasteiger partial charge in [-0.05, 0) is 37.3 Å². The monoisotopic (exact) mass is 426 g/mol. The Morgan fingerprint density at radius 2 is 1.85 bits per heavy atom. The number of nitrogens with one attached hydrogen (secondary N) is 2. The van der Waals surface area contributed by atoms with E-state index in [0.717, 1.165) is 4.70 Å². The standard InChI is InChI=1S/C18H13Cl3N2O2S/c1-2-22-17(24)9-4-3-5-11(6-9)23-18(25)16-15(21)14-12(20)7-10(19)8-13(14)26-16/h3-8H,2H2,1H3,(H,22,24)(H,23,25). The molecule has 0 unspecified atom stereocenters. The zero-order valence-electron chi connectivity index (χ0n) is 13.5. The normalized spacial score (nSPS) is 10.8. The lowest BCUT2D eigenvalue weighted by Crippen LogP contribution is -2.22. The third-order valence-corrected chi connectivity index (χ3v) is 5.72. The van der Waals surface area contributed by atoms with Crippen molar-refractivity contribution in [1.29, 1.82) is 0 Å². The topological polar surface area (TPSA) is 58.2 Å². The predicted molar refractivity (Wildman–Crippen MR) is 109 cm³/mol. The van der Waals surface area contributed by atoms with Gasteiger partial charge in [0, 0.05) is 32.9 Å². The van der Waals surface area contributed by atoms with Gasteiger partial charge in [0.2, 0.25) is 0 Å². The van der Waals surface area contributed by atoms with E-state index in [4.69, 9.17) is 34.8 Å². The highest BCUT2D eigenvalue weighted by Gasteiger charge is 2.20. The first-order chi connectivity index (χ1) is 12.4. The van der Waals surface area contributed by atoms with Crippen LogP contribution in [0.2, 0.25) is 15.1 Å². The van der Waals surface area contributed by atoms with Crippen LogP contribution in [0.15, 0.2) is 36.4 Å². The van der Waals surface area contributed by atoms with Crippen molar-refractivity contribution in [2.75, 3.05) is 11.9 Å². The third kappa shape index (κ3) is 3.81. The van der Waals surface area contributed by atoms with E-state index < -0.39 is 0 Å². The van der Waals surface area contributed by atoms with Crippen molar-refractivity contribution in [3.8, 4) is 0 Å². The van der Waals surface area contributed by atoms with E-state index in [-0.39, 0.29) is 16.8 Å². The molecular formula is C18H13Cl3N2O2S. The van der Waals surface area contributed by atoms with Crippen molar-refractivity contribution >= 4 is 73.7 Å². The molecule has 2 N–H and O–H groups in total. The van der Waals surface area contributed by atoms with Gasteiger partial charge in [0.1, 0.15) is 4.88 Å². The number of halogens is 3. The maximum absolute atomic E-state index is 12.6. The van der Waals surface area contributed by atoms with Crippen LogP contribution in [-0.4, -0.2) is 18.4 Å². The minimum absolute atomic E-state index is 0.204. The molecule has 2 aromatic carbocycles. The largest absolute Gasteiger partial charge is 0.352 e. The van der Waals surface area contributed by atoms with Gasteiger partial charge in [0.25, 0.3) is 11.8 Å². The summed E-state index contributed by atoms with van der Waals surface area (Å²) in [7, 11) is 0. The maximum atomic E-state index is 12.6. The number of hydrogen-bond donors (Lipinski definition) is 2. The molecule has 0 bridgehead atoms. The SMILES string of the molecule is CCNC(=O)c1cccc(NC(=O)c2sc3cc(Cl)cc(Cl)c3c2Cl)c1. The van der Waals surface area contributed by atoms with Crippen molar-refractivity contribution in [1.82, 2.24) is 5.32 Å². The van der Waals surface area contributed by atoms with Gasteiger partial charge < -0.3 is 10.6 Å². The molecule has 26 heavy (non-hydrogen) atoms. The zero-order chi connectivity index (χ0) is 18.8. The van der Waals surface area contributed by atoms with E-state index in [9.17, 15) is 9.59 Å². The van der Waals surface area contributed by atoms with E-state index in [2.05, 4.69) is 10.6 Å². The lowest BCUT2D eigenvalue weighted by atomic mass is 10.2. The van der Waals surface area contributed by atoms with Crippen LogP contribution in [0.1, 0.15) is 27.0 Å².